The smallest absolute Gasteiger partial charge is 0.326 e. The first kappa shape index (κ1) is 14.6. The predicted octanol–water partition coefficient (Wildman–Crippen LogP) is 0.844. The van der Waals surface area contributed by atoms with E-state index in [2.05, 4.69) is 15.3 Å². The summed E-state index contributed by atoms with van der Waals surface area (Å²) in [7, 11) is 1.53. The highest BCUT2D eigenvalue weighted by Crippen LogP contribution is 2.11. The number of ether oxygens (including phenoxy) is 1. The van der Waals surface area contributed by atoms with Gasteiger partial charge in [0.05, 0.1) is 19.1 Å². The molecule has 1 aromatic heterocycles. The third-order valence-corrected chi connectivity index (χ3v) is 2.92. The zero-order valence-electron chi connectivity index (χ0n) is 11.4. The van der Waals surface area contributed by atoms with Crippen LogP contribution in [0.3, 0.4) is 0 Å². The van der Waals surface area contributed by atoms with E-state index in [-0.39, 0.29) is 6.42 Å². The van der Waals surface area contributed by atoms with Crippen molar-refractivity contribution in [3.8, 4) is 5.75 Å². The number of aliphatic carboxylic acids is 1. The van der Waals surface area contributed by atoms with Crippen LogP contribution in [0.15, 0.2) is 36.8 Å². The summed E-state index contributed by atoms with van der Waals surface area (Å²) in [5.74, 6) is -0.946. The average Bonchev–Trinajstić information content (AvgIpc) is 2.99. The first-order valence-corrected chi connectivity index (χ1v) is 6.25. The third kappa shape index (κ3) is 3.82. The molecule has 0 bridgehead atoms. The van der Waals surface area contributed by atoms with Gasteiger partial charge in [0, 0.05) is 18.2 Å². The van der Waals surface area contributed by atoms with E-state index >= 15 is 0 Å². The molecule has 0 fully saturated rings. The Morgan fingerprint density at radius 1 is 1.38 bits per heavy atom. The molecule has 0 aliphatic rings. The molecule has 0 saturated carbocycles. The quantitative estimate of drug-likeness (QED) is 0.731. The van der Waals surface area contributed by atoms with Gasteiger partial charge >= 0.3 is 5.97 Å². The van der Waals surface area contributed by atoms with Crippen LogP contribution in [0.25, 0.3) is 0 Å². The number of carbonyl (C=O) groups is 2. The number of rotatable bonds is 6. The predicted molar refractivity (Wildman–Crippen MR) is 74.2 cm³/mol. The Kier molecular flexibility index (Phi) is 4.55. The number of benzene rings is 1. The molecule has 0 aliphatic carbocycles. The van der Waals surface area contributed by atoms with Crippen molar-refractivity contribution in [2.75, 3.05) is 7.11 Å². The van der Waals surface area contributed by atoms with Crippen molar-refractivity contribution in [1.29, 1.82) is 0 Å². The Labute approximate surface area is 121 Å². The van der Waals surface area contributed by atoms with Gasteiger partial charge in [0.25, 0.3) is 5.91 Å². The molecule has 0 saturated heterocycles. The first-order chi connectivity index (χ1) is 10.1. The maximum Gasteiger partial charge on any atom is 0.326 e. The van der Waals surface area contributed by atoms with Crippen molar-refractivity contribution in [2.45, 2.75) is 12.5 Å². The minimum Gasteiger partial charge on any atom is -0.497 e. The SMILES string of the molecule is COc1ccc(C(=O)N[C@@H](Cc2c[nH]cn2)C(=O)O)cc1. The molecular formula is C14H15N3O4. The highest BCUT2D eigenvalue weighted by atomic mass is 16.5. The summed E-state index contributed by atoms with van der Waals surface area (Å²) >= 11 is 0. The number of methoxy groups -OCH3 is 1. The molecule has 2 rings (SSSR count). The number of nitrogens with one attached hydrogen (secondary N) is 2. The lowest BCUT2D eigenvalue weighted by Crippen LogP contribution is -2.42. The van der Waals surface area contributed by atoms with Crippen molar-refractivity contribution in [3.05, 3.63) is 48.0 Å². The van der Waals surface area contributed by atoms with Crippen molar-refractivity contribution in [3.63, 3.8) is 0 Å². The molecule has 0 radical (unpaired) electrons. The number of carboxylic acids is 1. The number of aromatic amines is 1. The Hall–Kier alpha value is -2.83. The van der Waals surface area contributed by atoms with Gasteiger partial charge in [0.15, 0.2) is 0 Å². The number of carbonyl (C=O) groups excluding carboxylic acids is 1. The number of nitrogens with zero attached hydrogens (tertiary/aromatic N) is 1. The summed E-state index contributed by atoms with van der Waals surface area (Å²) in [6, 6.07) is 5.38. The van der Waals surface area contributed by atoms with Gasteiger partial charge in [-0.1, -0.05) is 0 Å². The zero-order valence-corrected chi connectivity index (χ0v) is 11.4. The number of carboxylic acid groups (broad SMARTS) is 1. The molecule has 7 nitrogen and oxygen atoms in total. The minimum atomic E-state index is -1.11. The van der Waals surface area contributed by atoms with Crippen LogP contribution in [-0.2, 0) is 11.2 Å². The third-order valence-electron chi connectivity index (χ3n) is 2.92. The number of aromatic nitrogens is 2. The zero-order chi connectivity index (χ0) is 15.2. The van der Waals surface area contributed by atoms with Gasteiger partial charge in [0.2, 0.25) is 0 Å². The lowest BCUT2D eigenvalue weighted by molar-refractivity contribution is -0.139. The Morgan fingerprint density at radius 2 is 2.10 bits per heavy atom. The second-order valence-corrected chi connectivity index (χ2v) is 4.36. The van der Waals surface area contributed by atoms with Gasteiger partial charge in [-0.2, -0.15) is 0 Å². The second-order valence-electron chi connectivity index (χ2n) is 4.36. The number of H-pyrrole nitrogens is 1. The number of imidazole rings is 1. The van der Waals surface area contributed by atoms with Crippen molar-refractivity contribution in [1.82, 2.24) is 15.3 Å². The Bertz CT molecular complexity index is 608. The summed E-state index contributed by atoms with van der Waals surface area (Å²) in [6.45, 7) is 0. The summed E-state index contributed by atoms with van der Waals surface area (Å²) in [4.78, 5) is 30.0. The van der Waals surface area contributed by atoms with Gasteiger partial charge in [-0.25, -0.2) is 9.78 Å². The van der Waals surface area contributed by atoms with Crippen molar-refractivity contribution in [2.24, 2.45) is 0 Å². The van der Waals surface area contributed by atoms with Gasteiger partial charge in [0.1, 0.15) is 11.8 Å². The van der Waals surface area contributed by atoms with E-state index in [1.807, 2.05) is 0 Å². The molecule has 7 heteroatoms. The van der Waals surface area contributed by atoms with Crippen LogP contribution in [0, 0.1) is 0 Å². The first-order valence-electron chi connectivity index (χ1n) is 6.25. The second kappa shape index (κ2) is 6.56. The normalized spacial score (nSPS) is 11.7. The molecule has 21 heavy (non-hydrogen) atoms. The monoisotopic (exact) mass is 289 g/mol. The van der Waals surface area contributed by atoms with Gasteiger partial charge in [-0.05, 0) is 24.3 Å². The maximum absolute atomic E-state index is 12.0. The number of hydrogen-bond donors (Lipinski definition) is 3. The molecule has 1 aromatic carbocycles. The molecule has 0 unspecified atom stereocenters. The van der Waals surface area contributed by atoms with E-state index in [0.717, 1.165) is 0 Å². The fraction of sp³-hybridized carbons (Fsp3) is 0.214. The van der Waals surface area contributed by atoms with E-state index < -0.39 is 17.9 Å². The van der Waals surface area contributed by atoms with Gasteiger partial charge in [-0.15, -0.1) is 0 Å². The Balaban J connectivity index is 2.05. The Morgan fingerprint density at radius 3 is 2.62 bits per heavy atom. The highest BCUT2D eigenvalue weighted by molar-refractivity contribution is 5.96. The summed E-state index contributed by atoms with van der Waals surface area (Å²) in [5, 5.41) is 11.7. The summed E-state index contributed by atoms with van der Waals surface area (Å²) in [5.41, 5.74) is 0.932. The van der Waals surface area contributed by atoms with E-state index in [1.165, 1.54) is 13.4 Å². The van der Waals surface area contributed by atoms with Crippen LogP contribution in [-0.4, -0.2) is 40.1 Å². The van der Waals surface area contributed by atoms with E-state index in [9.17, 15) is 14.7 Å². The standard InChI is InChI=1S/C14H15N3O4/c1-21-11-4-2-9(3-5-11)13(18)17-12(14(19)20)6-10-7-15-8-16-10/h2-5,7-8,12H,6H2,1H3,(H,15,16)(H,17,18)(H,19,20)/t12-/m0/s1. The molecule has 0 aliphatic heterocycles. The molecule has 1 atom stereocenters. The topological polar surface area (TPSA) is 104 Å². The fourth-order valence-electron chi connectivity index (χ4n) is 1.80. The van der Waals surface area contributed by atoms with Crippen molar-refractivity contribution >= 4 is 11.9 Å². The maximum atomic E-state index is 12.0. The largest absolute Gasteiger partial charge is 0.497 e. The van der Waals surface area contributed by atoms with Crippen LogP contribution in [0.1, 0.15) is 16.1 Å². The van der Waals surface area contributed by atoms with Crippen LogP contribution in [0.4, 0.5) is 0 Å². The van der Waals surface area contributed by atoms with Gasteiger partial charge < -0.3 is 20.1 Å². The number of amides is 1. The van der Waals surface area contributed by atoms with Crippen LogP contribution >= 0.6 is 0 Å². The van der Waals surface area contributed by atoms with Crippen LogP contribution in [0.5, 0.6) is 5.75 Å². The lowest BCUT2D eigenvalue weighted by Gasteiger charge is -2.13. The highest BCUT2D eigenvalue weighted by Gasteiger charge is 2.21. The molecule has 1 amide bonds. The average molecular weight is 289 g/mol. The van der Waals surface area contributed by atoms with E-state index in [1.54, 1.807) is 30.5 Å². The molecule has 110 valence electrons. The summed E-state index contributed by atoms with van der Waals surface area (Å²) < 4.78 is 5.00. The molecule has 3 N–H and O–H groups in total. The molecule has 2 aromatic rings. The van der Waals surface area contributed by atoms with E-state index in [0.29, 0.717) is 17.0 Å². The van der Waals surface area contributed by atoms with Crippen LogP contribution in [0.2, 0.25) is 0 Å². The van der Waals surface area contributed by atoms with Crippen LogP contribution < -0.4 is 10.1 Å². The molecular weight excluding hydrogens is 274 g/mol. The lowest BCUT2D eigenvalue weighted by atomic mass is 10.1. The minimum absolute atomic E-state index is 0.112. The van der Waals surface area contributed by atoms with E-state index in [4.69, 9.17) is 4.74 Å². The summed E-state index contributed by atoms with van der Waals surface area (Å²) in [6.07, 6.45) is 3.16. The molecule has 0 spiro atoms. The number of hydrogen-bond acceptors (Lipinski definition) is 4. The molecule has 1 heterocycles. The fourth-order valence-corrected chi connectivity index (χ4v) is 1.80. The van der Waals surface area contributed by atoms with Gasteiger partial charge in [-0.3, -0.25) is 4.79 Å². The van der Waals surface area contributed by atoms with Crippen molar-refractivity contribution < 1.29 is 19.4 Å².